The summed E-state index contributed by atoms with van der Waals surface area (Å²) in [6.45, 7) is 3.39. The average Bonchev–Trinajstić information content (AvgIpc) is 2.88. The number of carbonyl (C=O) groups is 1. The fourth-order valence-corrected chi connectivity index (χ4v) is 2.99. The number of carbonyl (C=O) groups excluding carboxylic acids is 1. The Morgan fingerprint density at radius 2 is 2.10 bits per heavy atom. The van der Waals surface area contributed by atoms with Gasteiger partial charge in [-0.3, -0.25) is 4.79 Å². The summed E-state index contributed by atoms with van der Waals surface area (Å²) >= 11 is 0. The molecule has 1 aromatic rings. The molecule has 2 N–H and O–H groups in total. The number of nitrogens with one attached hydrogen (secondary N) is 2. The second kappa shape index (κ2) is 6.84. The first-order chi connectivity index (χ1) is 9.63. The van der Waals surface area contributed by atoms with Gasteiger partial charge < -0.3 is 10.6 Å². The van der Waals surface area contributed by atoms with Crippen LogP contribution in [0.5, 0.6) is 0 Å². The highest BCUT2D eigenvalue weighted by Crippen LogP contribution is 2.40. The van der Waals surface area contributed by atoms with Crippen molar-refractivity contribution >= 4 is 11.6 Å². The zero-order valence-corrected chi connectivity index (χ0v) is 12.0. The molecular formula is C16H23FN2O. The molecule has 1 aromatic carbocycles. The van der Waals surface area contributed by atoms with Crippen LogP contribution in [0.4, 0.5) is 10.1 Å². The molecule has 0 aliphatic heterocycles. The summed E-state index contributed by atoms with van der Waals surface area (Å²) in [7, 11) is 0. The Morgan fingerprint density at radius 3 is 2.75 bits per heavy atom. The first-order valence-corrected chi connectivity index (χ1v) is 7.40. The lowest BCUT2D eigenvalue weighted by molar-refractivity contribution is -0.115. The molecule has 0 radical (unpaired) electrons. The molecule has 0 unspecified atom stereocenters. The van der Waals surface area contributed by atoms with Crippen molar-refractivity contribution in [2.45, 2.75) is 39.0 Å². The predicted molar refractivity (Wildman–Crippen MR) is 79.1 cm³/mol. The fraction of sp³-hybridized carbons (Fsp3) is 0.562. The van der Waals surface area contributed by atoms with Crippen molar-refractivity contribution in [1.29, 1.82) is 0 Å². The van der Waals surface area contributed by atoms with E-state index in [1.807, 2.05) is 0 Å². The Labute approximate surface area is 120 Å². The molecule has 1 aliphatic carbocycles. The minimum Gasteiger partial charge on any atom is -0.325 e. The molecule has 0 saturated heterocycles. The van der Waals surface area contributed by atoms with Gasteiger partial charge in [-0.25, -0.2) is 4.39 Å². The monoisotopic (exact) mass is 278 g/mol. The third-order valence-corrected chi connectivity index (χ3v) is 4.31. The molecule has 4 heteroatoms. The number of rotatable bonds is 6. The van der Waals surface area contributed by atoms with Crippen LogP contribution in [-0.4, -0.2) is 19.0 Å². The van der Waals surface area contributed by atoms with E-state index in [-0.39, 0.29) is 18.3 Å². The summed E-state index contributed by atoms with van der Waals surface area (Å²) < 4.78 is 13.0. The Balaban J connectivity index is 1.75. The number of halogens is 1. The largest absolute Gasteiger partial charge is 0.325 e. The lowest BCUT2D eigenvalue weighted by atomic mass is 9.83. The van der Waals surface area contributed by atoms with E-state index in [9.17, 15) is 9.18 Å². The van der Waals surface area contributed by atoms with Crippen LogP contribution in [0.15, 0.2) is 24.3 Å². The van der Waals surface area contributed by atoms with Gasteiger partial charge in [0.05, 0.1) is 6.54 Å². The van der Waals surface area contributed by atoms with Crippen LogP contribution in [0.1, 0.15) is 39.0 Å². The summed E-state index contributed by atoms with van der Waals surface area (Å²) in [6.07, 6.45) is 6.26. The van der Waals surface area contributed by atoms with Crippen LogP contribution < -0.4 is 10.6 Å². The van der Waals surface area contributed by atoms with Gasteiger partial charge >= 0.3 is 0 Å². The first kappa shape index (κ1) is 15.0. The molecule has 1 aliphatic rings. The molecule has 2 rings (SSSR count). The molecule has 0 atom stereocenters. The van der Waals surface area contributed by atoms with Crippen molar-refractivity contribution in [3.8, 4) is 0 Å². The van der Waals surface area contributed by atoms with E-state index in [0.29, 0.717) is 11.1 Å². The van der Waals surface area contributed by atoms with Gasteiger partial charge in [-0.15, -0.1) is 0 Å². The smallest absolute Gasteiger partial charge is 0.238 e. The molecule has 20 heavy (non-hydrogen) atoms. The second-order valence-electron chi connectivity index (χ2n) is 5.72. The van der Waals surface area contributed by atoms with Crippen LogP contribution in [0, 0.1) is 11.2 Å². The molecule has 0 spiro atoms. The van der Waals surface area contributed by atoms with Gasteiger partial charge in [0, 0.05) is 12.2 Å². The van der Waals surface area contributed by atoms with Crippen LogP contribution in [0.3, 0.4) is 0 Å². The Bertz CT molecular complexity index is 456. The van der Waals surface area contributed by atoms with Gasteiger partial charge in [0.15, 0.2) is 0 Å². The van der Waals surface area contributed by atoms with Crippen LogP contribution >= 0.6 is 0 Å². The average molecular weight is 278 g/mol. The van der Waals surface area contributed by atoms with Crippen molar-refractivity contribution in [3.63, 3.8) is 0 Å². The maximum absolute atomic E-state index is 13.0. The zero-order valence-electron chi connectivity index (χ0n) is 12.0. The molecule has 1 fully saturated rings. The predicted octanol–water partition coefficient (Wildman–Crippen LogP) is 3.32. The Morgan fingerprint density at radius 1 is 1.35 bits per heavy atom. The zero-order chi connectivity index (χ0) is 14.4. The minimum absolute atomic E-state index is 0.125. The third kappa shape index (κ3) is 4.04. The highest BCUT2D eigenvalue weighted by Gasteiger charge is 2.31. The number of hydrogen-bond donors (Lipinski definition) is 2. The van der Waals surface area contributed by atoms with E-state index in [4.69, 9.17) is 0 Å². The number of hydrogen-bond acceptors (Lipinski definition) is 2. The third-order valence-electron chi connectivity index (χ3n) is 4.31. The van der Waals surface area contributed by atoms with Crippen molar-refractivity contribution < 1.29 is 9.18 Å². The quantitative estimate of drug-likeness (QED) is 0.838. The van der Waals surface area contributed by atoms with E-state index < -0.39 is 0 Å². The lowest BCUT2D eigenvalue weighted by Gasteiger charge is -2.27. The molecule has 3 nitrogen and oxygen atoms in total. The maximum Gasteiger partial charge on any atom is 0.238 e. The van der Waals surface area contributed by atoms with Gasteiger partial charge in [-0.2, -0.15) is 0 Å². The maximum atomic E-state index is 13.0. The minimum atomic E-state index is -0.341. The molecule has 0 aromatic heterocycles. The van der Waals surface area contributed by atoms with Crippen LogP contribution in [-0.2, 0) is 4.79 Å². The summed E-state index contributed by atoms with van der Waals surface area (Å²) in [4.78, 5) is 11.8. The second-order valence-corrected chi connectivity index (χ2v) is 5.72. The number of anilines is 1. The van der Waals surface area contributed by atoms with Gasteiger partial charge in [-0.05, 0) is 42.9 Å². The summed E-state index contributed by atoms with van der Waals surface area (Å²) in [5, 5.41) is 5.95. The summed E-state index contributed by atoms with van der Waals surface area (Å²) in [5.74, 6) is -0.466. The standard InChI is InChI=1S/C16H23FN2O/c1-2-16(8-3-4-9-16)12-18-11-15(20)19-14-7-5-6-13(17)10-14/h5-7,10,18H,2-4,8-9,11-12H2,1H3,(H,19,20). The van der Waals surface area contributed by atoms with Crippen LogP contribution in [0.2, 0.25) is 0 Å². The van der Waals surface area contributed by atoms with E-state index in [2.05, 4.69) is 17.6 Å². The van der Waals surface area contributed by atoms with E-state index >= 15 is 0 Å². The van der Waals surface area contributed by atoms with E-state index in [1.54, 1.807) is 12.1 Å². The summed E-state index contributed by atoms with van der Waals surface area (Å²) in [5.41, 5.74) is 0.877. The van der Waals surface area contributed by atoms with E-state index in [0.717, 1.165) is 13.0 Å². The van der Waals surface area contributed by atoms with Gasteiger partial charge in [0.2, 0.25) is 5.91 Å². The van der Waals surface area contributed by atoms with E-state index in [1.165, 1.54) is 37.8 Å². The highest BCUT2D eigenvalue weighted by atomic mass is 19.1. The molecule has 0 bridgehead atoms. The van der Waals surface area contributed by atoms with Gasteiger partial charge in [0.25, 0.3) is 0 Å². The van der Waals surface area contributed by atoms with Crippen molar-refractivity contribution in [1.82, 2.24) is 5.32 Å². The molecule has 110 valence electrons. The van der Waals surface area contributed by atoms with Gasteiger partial charge in [-0.1, -0.05) is 25.8 Å². The molecule has 1 saturated carbocycles. The highest BCUT2D eigenvalue weighted by molar-refractivity contribution is 5.92. The summed E-state index contributed by atoms with van der Waals surface area (Å²) in [6, 6.07) is 5.95. The molecule has 1 amide bonds. The molecule has 0 heterocycles. The van der Waals surface area contributed by atoms with Crippen molar-refractivity contribution in [2.75, 3.05) is 18.4 Å². The normalized spacial score (nSPS) is 17.1. The SMILES string of the molecule is CCC1(CNCC(=O)Nc2cccc(F)c2)CCCC1. The first-order valence-electron chi connectivity index (χ1n) is 7.40. The van der Waals surface area contributed by atoms with Gasteiger partial charge in [0.1, 0.15) is 5.82 Å². The lowest BCUT2D eigenvalue weighted by Crippen LogP contribution is -2.36. The Kier molecular flexibility index (Phi) is 5.12. The molecular weight excluding hydrogens is 255 g/mol. The Hall–Kier alpha value is -1.42. The van der Waals surface area contributed by atoms with Crippen molar-refractivity contribution in [3.05, 3.63) is 30.1 Å². The van der Waals surface area contributed by atoms with Crippen LogP contribution in [0.25, 0.3) is 0 Å². The number of amides is 1. The van der Waals surface area contributed by atoms with Crippen molar-refractivity contribution in [2.24, 2.45) is 5.41 Å². The fourth-order valence-electron chi connectivity index (χ4n) is 2.99. The topological polar surface area (TPSA) is 41.1 Å². The number of benzene rings is 1.